The molecular weight excluding hydrogens is 513 g/mol. The summed E-state index contributed by atoms with van der Waals surface area (Å²) < 4.78 is 27.7. The first-order chi connectivity index (χ1) is 16.9. The van der Waals surface area contributed by atoms with E-state index in [0.717, 1.165) is 10.9 Å². The maximum Gasteiger partial charge on any atom is 0.282 e. The van der Waals surface area contributed by atoms with E-state index in [9.17, 15) is 9.18 Å². The van der Waals surface area contributed by atoms with E-state index in [-0.39, 0.29) is 23.9 Å². The molecule has 0 fully saturated rings. The van der Waals surface area contributed by atoms with Gasteiger partial charge in [0.05, 0.1) is 24.2 Å². The van der Waals surface area contributed by atoms with E-state index in [1.807, 2.05) is 26.0 Å². The largest absolute Gasteiger partial charge is 0.493 e. The standard InChI is InChI=1S/C27H25BrFN3O3/c1-4-17(2)26-31-23-13-12-20(28)14-21(23)27(33)32(26)30-15-18-9-7-11-24(34-3)25(18)35-16-19-8-5-6-10-22(19)29/h5-15,17H,4,16H2,1-3H3/t17-/m1/s1. The number of para-hydroxylation sites is 1. The van der Waals surface area contributed by atoms with Crippen molar-refractivity contribution in [2.75, 3.05) is 7.11 Å². The van der Waals surface area contributed by atoms with E-state index in [4.69, 9.17) is 14.5 Å². The van der Waals surface area contributed by atoms with E-state index < -0.39 is 0 Å². The number of aromatic nitrogens is 2. The third-order valence-corrected chi connectivity index (χ3v) is 6.25. The van der Waals surface area contributed by atoms with Crippen LogP contribution in [0.15, 0.2) is 75.0 Å². The molecule has 8 heteroatoms. The Kier molecular flexibility index (Phi) is 7.60. The van der Waals surface area contributed by atoms with E-state index in [0.29, 0.717) is 39.4 Å². The second kappa shape index (κ2) is 10.8. The zero-order chi connectivity index (χ0) is 24.9. The van der Waals surface area contributed by atoms with Gasteiger partial charge in [0.25, 0.3) is 5.56 Å². The Morgan fingerprint density at radius 1 is 1.17 bits per heavy atom. The van der Waals surface area contributed by atoms with Gasteiger partial charge in [-0.3, -0.25) is 4.79 Å². The van der Waals surface area contributed by atoms with Crippen molar-refractivity contribution < 1.29 is 13.9 Å². The zero-order valence-corrected chi connectivity index (χ0v) is 21.3. The van der Waals surface area contributed by atoms with Crippen molar-refractivity contribution in [1.29, 1.82) is 0 Å². The van der Waals surface area contributed by atoms with E-state index >= 15 is 0 Å². The summed E-state index contributed by atoms with van der Waals surface area (Å²) in [4.78, 5) is 18.1. The third-order valence-electron chi connectivity index (χ3n) is 5.76. The van der Waals surface area contributed by atoms with Crippen molar-refractivity contribution in [2.45, 2.75) is 32.8 Å². The number of fused-ring (bicyclic) bond motifs is 1. The van der Waals surface area contributed by atoms with Gasteiger partial charge in [0.1, 0.15) is 18.2 Å². The van der Waals surface area contributed by atoms with Crippen LogP contribution in [-0.4, -0.2) is 23.0 Å². The minimum Gasteiger partial charge on any atom is -0.493 e. The van der Waals surface area contributed by atoms with E-state index in [1.165, 1.54) is 24.1 Å². The number of hydrogen-bond donors (Lipinski definition) is 0. The molecule has 1 aromatic heterocycles. The Labute approximate surface area is 211 Å². The Morgan fingerprint density at radius 2 is 1.97 bits per heavy atom. The van der Waals surface area contributed by atoms with Crippen molar-refractivity contribution in [1.82, 2.24) is 9.66 Å². The molecule has 0 N–H and O–H groups in total. The first kappa shape index (κ1) is 24.6. The lowest BCUT2D eigenvalue weighted by molar-refractivity contribution is 0.279. The van der Waals surface area contributed by atoms with Gasteiger partial charge >= 0.3 is 0 Å². The maximum atomic E-state index is 14.1. The highest BCUT2D eigenvalue weighted by Crippen LogP contribution is 2.31. The van der Waals surface area contributed by atoms with Crippen molar-refractivity contribution in [3.8, 4) is 11.5 Å². The van der Waals surface area contributed by atoms with Crippen molar-refractivity contribution in [3.05, 3.63) is 98.3 Å². The molecule has 0 spiro atoms. The number of hydrogen-bond acceptors (Lipinski definition) is 5. The lowest BCUT2D eigenvalue weighted by Gasteiger charge is -2.15. The monoisotopic (exact) mass is 537 g/mol. The summed E-state index contributed by atoms with van der Waals surface area (Å²) in [7, 11) is 1.53. The Balaban J connectivity index is 1.78. The van der Waals surface area contributed by atoms with E-state index in [1.54, 1.807) is 42.5 Å². The molecule has 1 heterocycles. The predicted octanol–water partition coefficient (Wildman–Crippen LogP) is 6.28. The molecular formula is C27H25BrFN3O3. The van der Waals surface area contributed by atoms with Gasteiger partial charge in [-0.2, -0.15) is 9.78 Å². The lowest BCUT2D eigenvalue weighted by atomic mass is 10.1. The average Bonchev–Trinajstić information content (AvgIpc) is 2.87. The molecule has 3 aromatic carbocycles. The van der Waals surface area contributed by atoms with Gasteiger partial charge in [0.15, 0.2) is 11.5 Å². The number of nitrogens with zero attached hydrogens (tertiary/aromatic N) is 3. The lowest BCUT2D eigenvalue weighted by Crippen LogP contribution is -2.23. The zero-order valence-electron chi connectivity index (χ0n) is 19.7. The molecule has 4 rings (SSSR count). The van der Waals surface area contributed by atoms with Crippen LogP contribution in [0.5, 0.6) is 11.5 Å². The molecule has 0 unspecified atom stereocenters. The number of rotatable bonds is 8. The van der Waals surface area contributed by atoms with Crippen LogP contribution >= 0.6 is 15.9 Å². The fourth-order valence-electron chi connectivity index (χ4n) is 3.61. The Bertz CT molecular complexity index is 1450. The van der Waals surface area contributed by atoms with E-state index in [2.05, 4.69) is 21.0 Å². The van der Waals surface area contributed by atoms with Crippen LogP contribution in [0, 0.1) is 5.82 Å². The summed E-state index contributed by atoms with van der Waals surface area (Å²) >= 11 is 3.42. The minimum absolute atomic E-state index is 0.00924. The predicted molar refractivity (Wildman–Crippen MR) is 139 cm³/mol. The minimum atomic E-state index is -0.351. The van der Waals surface area contributed by atoms with Crippen LogP contribution in [0.1, 0.15) is 43.1 Å². The molecule has 0 aliphatic rings. The first-order valence-electron chi connectivity index (χ1n) is 11.2. The molecule has 6 nitrogen and oxygen atoms in total. The van der Waals surface area contributed by atoms with Gasteiger partial charge in [0, 0.05) is 21.5 Å². The van der Waals surface area contributed by atoms with Crippen LogP contribution in [0.4, 0.5) is 4.39 Å². The van der Waals surface area contributed by atoms with Gasteiger partial charge in [-0.1, -0.05) is 54.0 Å². The van der Waals surface area contributed by atoms with Crippen LogP contribution in [-0.2, 0) is 6.61 Å². The molecule has 4 aromatic rings. The second-order valence-electron chi connectivity index (χ2n) is 8.06. The van der Waals surface area contributed by atoms with Crippen molar-refractivity contribution in [2.24, 2.45) is 5.10 Å². The van der Waals surface area contributed by atoms with Crippen LogP contribution in [0.25, 0.3) is 10.9 Å². The van der Waals surface area contributed by atoms with Gasteiger partial charge in [-0.15, -0.1) is 0 Å². The summed E-state index contributed by atoms with van der Waals surface area (Å²) in [5.41, 5.74) is 1.35. The first-order valence-corrected chi connectivity index (χ1v) is 12.0. The highest BCUT2D eigenvalue weighted by atomic mass is 79.9. The topological polar surface area (TPSA) is 65.7 Å². The van der Waals surface area contributed by atoms with Crippen LogP contribution in [0.2, 0.25) is 0 Å². The fourth-order valence-corrected chi connectivity index (χ4v) is 3.98. The molecule has 0 saturated carbocycles. The maximum absolute atomic E-state index is 14.1. The average molecular weight is 538 g/mol. The highest BCUT2D eigenvalue weighted by Gasteiger charge is 2.16. The second-order valence-corrected chi connectivity index (χ2v) is 8.98. The van der Waals surface area contributed by atoms with Gasteiger partial charge < -0.3 is 9.47 Å². The Morgan fingerprint density at radius 3 is 2.71 bits per heavy atom. The van der Waals surface area contributed by atoms with Gasteiger partial charge in [-0.05, 0) is 42.8 Å². The number of methoxy groups -OCH3 is 1. The van der Waals surface area contributed by atoms with Crippen LogP contribution in [0.3, 0.4) is 0 Å². The van der Waals surface area contributed by atoms with Crippen LogP contribution < -0.4 is 15.0 Å². The molecule has 0 radical (unpaired) electrons. The molecule has 0 amide bonds. The third kappa shape index (κ3) is 5.27. The normalized spacial score (nSPS) is 12.3. The summed E-state index contributed by atoms with van der Waals surface area (Å²) in [6, 6.07) is 17.2. The van der Waals surface area contributed by atoms with Gasteiger partial charge in [0.2, 0.25) is 0 Å². The number of ether oxygens (including phenoxy) is 2. The summed E-state index contributed by atoms with van der Waals surface area (Å²) in [5, 5.41) is 4.99. The molecule has 0 aliphatic heterocycles. The molecule has 35 heavy (non-hydrogen) atoms. The summed E-state index contributed by atoms with van der Waals surface area (Å²) in [6.07, 6.45) is 2.33. The summed E-state index contributed by atoms with van der Waals surface area (Å²) in [5.74, 6) is 1.10. The molecule has 180 valence electrons. The van der Waals surface area contributed by atoms with Crippen molar-refractivity contribution in [3.63, 3.8) is 0 Å². The summed E-state index contributed by atoms with van der Waals surface area (Å²) in [6.45, 7) is 4.05. The Hall–Kier alpha value is -3.52. The quantitative estimate of drug-likeness (QED) is 0.248. The molecule has 0 bridgehead atoms. The van der Waals surface area contributed by atoms with Crippen molar-refractivity contribution >= 4 is 33.0 Å². The SMILES string of the molecule is CC[C@@H](C)c1nc2ccc(Br)cc2c(=O)n1N=Cc1cccc(OC)c1OCc1ccccc1F. The smallest absolute Gasteiger partial charge is 0.282 e. The fraction of sp³-hybridized carbons (Fsp3) is 0.222. The number of benzene rings is 3. The molecule has 1 atom stereocenters. The molecule has 0 saturated heterocycles. The molecule has 0 aliphatic carbocycles. The number of halogens is 2. The highest BCUT2D eigenvalue weighted by molar-refractivity contribution is 9.10. The van der Waals surface area contributed by atoms with Gasteiger partial charge in [-0.25, -0.2) is 9.37 Å².